The van der Waals surface area contributed by atoms with Gasteiger partial charge in [-0.25, -0.2) is 0 Å². The maximum absolute atomic E-state index is 5.62. The predicted octanol–water partition coefficient (Wildman–Crippen LogP) is 4.11. The Kier molecular flexibility index (Phi) is 6.27. The van der Waals surface area contributed by atoms with Gasteiger partial charge in [-0.2, -0.15) is 0 Å². The van der Waals surface area contributed by atoms with Crippen molar-refractivity contribution >= 4 is 16.6 Å². The predicted molar refractivity (Wildman–Crippen MR) is 70.1 cm³/mol. The van der Waals surface area contributed by atoms with Gasteiger partial charge >= 0.3 is 0 Å². The smallest absolute Gasteiger partial charge is 0.0457 e. The molecule has 0 amide bonds. The number of H-pyrrole nitrogens is 1. The van der Waals surface area contributed by atoms with Gasteiger partial charge in [0.1, 0.15) is 0 Å². The number of benzene rings is 1. The molecule has 1 heterocycles. The molecule has 0 radical (unpaired) electrons. The fraction of sp³-hybridized carbons (Fsp3) is 0.385. The number of aromatic nitrogens is 1. The number of nitrogen functional groups attached to an aromatic ring is 1. The molecule has 0 spiro atoms. The lowest BCUT2D eigenvalue weighted by Crippen LogP contribution is -1.81. The summed E-state index contributed by atoms with van der Waals surface area (Å²) >= 11 is 0. The molecule has 15 heavy (non-hydrogen) atoms. The van der Waals surface area contributed by atoms with E-state index in [0.717, 1.165) is 11.2 Å². The molecule has 2 rings (SSSR count). The molecule has 0 aliphatic rings. The van der Waals surface area contributed by atoms with Crippen LogP contribution in [0.15, 0.2) is 24.3 Å². The van der Waals surface area contributed by atoms with Gasteiger partial charge in [0.05, 0.1) is 0 Å². The van der Waals surface area contributed by atoms with Gasteiger partial charge in [0.25, 0.3) is 0 Å². The van der Waals surface area contributed by atoms with Crippen LogP contribution in [0.3, 0.4) is 0 Å². The molecule has 0 bridgehead atoms. The SMILES string of the molecule is CC.CC.Cc1cc2cc(N)ccc2[nH]1. The summed E-state index contributed by atoms with van der Waals surface area (Å²) in [6.07, 6.45) is 0. The summed E-state index contributed by atoms with van der Waals surface area (Å²) in [5, 5.41) is 1.18. The fourth-order valence-electron chi connectivity index (χ4n) is 1.30. The number of aryl methyl sites for hydroxylation is 1. The first-order valence-electron chi connectivity index (χ1n) is 5.60. The normalized spacial score (nSPS) is 8.60. The lowest BCUT2D eigenvalue weighted by atomic mass is 10.2. The van der Waals surface area contributed by atoms with Crippen molar-refractivity contribution in [2.75, 3.05) is 5.73 Å². The number of anilines is 1. The van der Waals surface area contributed by atoms with Crippen molar-refractivity contribution in [3.05, 3.63) is 30.0 Å². The summed E-state index contributed by atoms with van der Waals surface area (Å²) in [5.74, 6) is 0. The zero-order valence-corrected chi connectivity index (χ0v) is 10.4. The van der Waals surface area contributed by atoms with Crippen molar-refractivity contribution in [3.63, 3.8) is 0 Å². The molecular weight excluding hydrogens is 184 g/mol. The second-order valence-corrected chi connectivity index (χ2v) is 2.80. The fourth-order valence-corrected chi connectivity index (χ4v) is 1.30. The highest BCUT2D eigenvalue weighted by Crippen LogP contribution is 2.17. The summed E-state index contributed by atoms with van der Waals surface area (Å²) < 4.78 is 0. The molecule has 1 aromatic heterocycles. The topological polar surface area (TPSA) is 41.8 Å². The maximum Gasteiger partial charge on any atom is 0.0457 e. The average Bonchev–Trinajstić information content (AvgIpc) is 2.63. The number of hydrogen-bond donors (Lipinski definition) is 2. The first-order chi connectivity index (χ1) is 7.25. The molecule has 0 aliphatic heterocycles. The molecule has 1 aromatic carbocycles. The maximum atomic E-state index is 5.62. The largest absolute Gasteiger partial charge is 0.399 e. The number of nitrogens with one attached hydrogen (secondary N) is 1. The highest BCUT2D eigenvalue weighted by Gasteiger charge is 1.95. The molecule has 0 fully saturated rings. The molecular formula is C13H22N2. The lowest BCUT2D eigenvalue weighted by Gasteiger charge is -1.90. The quantitative estimate of drug-likeness (QED) is 0.626. The molecule has 0 saturated carbocycles. The van der Waals surface area contributed by atoms with Gasteiger partial charge < -0.3 is 10.7 Å². The van der Waals surface area contributed by atoms with Crippen molar-refractivity contribution in [1.29, 1.82) is 0 Å². The molecule has 2 heteroatoms. The van der Waals surface area contributed by atoms with E-state index in [2.05, 4.69) is 11.1 Å². The van der Waals surface area contributed by atoms with Gasteiger partial charge in [0, 0.05) is 22.3 Å². The summed E-state index contributed by atoms with van der Waals surface area (Å²) in [6, 6.07) is 7.96. The van der Waals surface area contributed by atoms with Gasteiger partial charge in [0.2, 0.25) is 0 Å². The minimum atomic E-state index is 0.816. The van der Waals surface area contributed by atoms with Crippen LogP contribution in [0.2, 0.25) is 0 Å². The van der Waals surface area contributed by atoms with E-state index in [9.17, 15) is 0 Å². The number of nitrogens with two attached hydrogens (primary N) is 1. The van der Waals surface area contributed by atoms with Crippen LogP contribution in [-0.4, -0.2) is 4.98 Å². The highest BCUT2D eigenvalue weighted by molar-refractivity contribution is 5.83. The standard InChI is InChI=1S/C9H10N2.2C2H6/c1-6-4-7-5-8(10)2-3-9(7)11-6;2*1-2/h2-5,11H,10H2,1H3;2*1-2H3. The van der Waals surface area contributed by atoms with E-state index >= 15 is 0 Å². The third-order valence-corrected chi connectivity index (χ3v) is 1.78. The van der Waals surface area contributed by atoms with E-state index in [1.807, 2.05) is 52.8 Å². The molecule has 3 N–H and O–H groups in total. The number of hydrogen-bond acceptors (Lipinski definition) is 1. The first-order valence-corrected chi connectivity index (χ1v) is 5.60. The second-order valence-electron chi connectivity index (χ2n) is 2.80. The van der Waals surface area contributed by atoms with Gasteiger partial charge in [-0.05, 0) is 31.2 Å². The third-order valence-electron chi connectivity index (χ3n) is 1.78. The Labute approximate surface area is 92.5 Å². The van der Waals surface area contributed by atoms with Crippen molar-refractivity contribution in [3.8, 4) is 0 Å². The summed E-state index contributed by atoms with van der Waals surface area (Å²) in [6.45, 7) is 10.0. The van der Waals surface area contributed by atoms with Gasteiger partial charge in [-0.3, -0.25) is 0 Å². The monoisotopic (exact) mass is 206 g/mol. The first kappa shape index (κ1) is 13.6. The molecule has 2 nitrogen and oxygen atoms in total. The Morgan fingerprint density at radius 1 is 1.00 bits per heavy atom. The van der Waals surface area contributed by atoms with Crippen molar-refractivity contribution < 1.29 is 0 Å². The van der Waals surface area contributed by atoms with Gasteiger partial charge in [-0.15, -0.1) is 0 Å². The molecule has 84 valence electrons. The van der Waals surface area contributed by atoms with Crippen molar-refractivity contribution in [2.24, 2.45) is 0 Å². The Hall–Kier alpha value is -1.44. The van der Waals surface area contributed by atoms with E-state index in [1.165, 1.54) is 11.1 Å². The number of aromatic amines is 1. The van der Waals surface area contributed by atoms with Crippen LogP contribution in [0, 0.1) is 6.92 Å². The van der Waals surface area contributed by atoms with Crippen molar-refractivity contribution in [2.45, 2.75) is 34.6 Å². The van der Waals surface area contributed by atoms with Crippen LogP contribution in [-0.2, 0) is 0 Å². The van der Waals surface area contributed by atoms with E-state index in [4.69, 9.17) is 5.73 Å². The summed E-state index contributed by atoms with van der Waals surface area (Å²) in [4.78, 5) is 3.23. The van der Waals surface area contributed by atoms with Crippen LogP contribution >= 0.6 is 0 Å². The van der Waals surface area contributed by atoms with Crippen LogP contribution in [0.4, 0.5) is 5.69 Å². The minimum Gasteiger partial charge on any atom is -0.399 e. The minimum absolute atomic E-state index is 0.816. The molecule has 0 saturated heterocycles. The zero-order valence-electron chi connectivity index (χ0n) is 10.4. The van der Waals surface area contributed by atoms with Gasteiger partial charge in [-0.1, -0.05) is 27.7 Å². The molecule has 2 aromatic rings. The van der Waals surface area contributed by atoms with Crippen LogP contribution in [0.25, 0.3) is 10.9 Å². The molecule has 0 aliphatic carbocycles. The lowest BCUT2D eigenvalue weighted by molar-refractivity contribution is 1.30. The Balaban J connectivity index is 0.000000442. The Morgan fingerprint density at radius 3 is 2.20 bits per heavy atom. The molecule has 0 atom stereocenters. The zero-order chi connectivity index (χ0) is 11.8. The van der Waals surface area contributed by atoms with E-state index in [1.54, 1.807) is 0 Å². The highest BCUT2D eigenvalue weighted by atomic mass is 14.7. The third kappa shape index (κ3) is 3.66. The van der Waals surface area contributed by atoms with Gasteiger partial charge in [0.15, 0.2) is 0 Å². The summed E-state index contributed by atoms with van der Waals surface area (Å²) in [7, 11) is 0. The summed E-state index contributed by atoms with van der Waals surface area (Å²) in [5.41, 5.74) is 8.76. The number of fused-ring (bicyclic) bond motifs is 1. The van der Waals surface area contributed by atoms with Crippen LogP contribution in [0.5, 0.6) is 0 Å². The molecule has 0 unspecified atom stereocenters. The Morgan fingerprint density at radius 2 is 1.60 bits per heavy atom. The second kappa shape index (κ2) is 6.93. The van der Waals surface area contributed by atoms with Crippen LogP contribution in [0.1, 0.15) is 33.4 Å². The van der Waals surface area contributed by atoms with E-state index in [0.29, 0.717) is 0 Å². The van der Waals surface area contributed by atoms with Crippen LogP contribution < -0.4 is 5.73 Å². The van der Waals surface area contributed by atoms with E-state index < -0.39 is 0 Å². The number of rotatable bonds is 0. The van der Waals surface area contributed by atoms with E-state index in [-0.39, 0.29) is 0 Å². The average molecular weight is 206 g/mol. The van der Waals surface area contributed by atoms with Crippen molar-refractivity contribution in [1.82, 2.24) is 4.98 Å². The Bertz CT molecular complexity index is 388.